The molecule has 1 aromatic heterocycles. The van der Waals surface area contributed by atoms with Gasteiger partial charge >= 0.3 is 0 Å². The van der Waals surface area contributed by atoms with Crippen molar-refractivity contribution in [3.05, 3.63) is 51.9 Å². The lowest BCUT2D eigenvalue weighted by molar-refractivity contribution is 0.910. The van der Waals surface area contributed by atoms with E-state index >= 15 is 0 Å². The van der Waals surface area contributed by atoms with Crippen LogP contribution >= 0.6 is 21.6 Å². The minimum Gasteiger partial charge on any atom is -0.301 e. The van der Waals surface area contributed by atoms with Gasteiger partial charge in [-0.15, -0.1) is 0 Å². The Balaban J connectivity index is 2.09. The van der Waals surface area contributed by atoms with Crippen LogP contribution in [0.15, 0.2) is 45.2 Å². The summed E-state index contributed by atoms with van der Waals surface area (Å²) < 4.78 is 0. The van der Waals surface area contributed by atoms with Gasteiger partial charge < -0.3 is 4.98 Å². The smallest absolute Gasteiger partial charge is 0.251 e. The Labute approximate surface area is 107 Å². The van der Waals surface area contributed by atoms with E-state index in [1.54, 1.807) is 10.8 Å². The molecule has 2 aromatic rings. The summed E-state index contributed by atoms with van der Waals surface area (Å²) in [5.41, 5.74) is 1.85. The molecule has 0 aliphatic carbocycles. The number of nitrogens with zero attached hydrogens (tertiary/aromatic N) is 1. The zero-order chi connectivity index (χ0) is 12.3. The second-order valence-corrected chi connectivity index (χ2v) is 5.87. The van der Waals surface area contributed by atoms with E-state index in [1.807, 2.05) is 19.1 Å². The van der Waals surface area contributed by atoms with Gasteiger partial charge in [-0.3, -0.25) is 4.79 Å². The van der Waals surface area contributed by atoms with E-state index in [-0.39, 0.29) is 5.56 Å². The molecule has 0 bridgehead atoms. The largest absolute Gasteiger partial charge is 0.301 e. The Kier molecular flexibility index (Phi) is 3.91. The first-order chi connectivity index (χ1) is 8.13. The summed E-state index contributed by atoms with van der Waals surface area (Å²) in [5, 5.41) is 0.640. The molecule has 3 nitrogen and oxygen atoms in total. The zero-order valence-electron chi connectivity index (χ0n) is 9.56. The molecule has 88 valence electrons. The average molecular weight is 264 g/mol. The van der Waals surface area contributed by atoms with Crippen molar-refractivity contribution in [1.29, 1.82) is 0 Å². The number of nitrogens with one attached hydrogen (secondary N) is 1. The molecule has 0 aliphatic heterocycles. The molecule has 0 amide bonds. The summed E-state index contributed by atoms with van der Waals surface area (Å²) in [6, 6.07) is 9.71. The van der Waals surface area contributed by atoms with E-state index in [0.29, 0.717) is 5.16 Å². The van der Waals surface area contributed by atoms with Crippen LogP contribution in [0.25, 0.3) is 0 Å². The molecule has 1 aromatic carbocycles. The minimum atomic E-state index is -0.107. The number of H-pyrrole nitrogens is 1. The van der Waals surface area contributed by atoms with Crippen molar-refractivity contribution in [3.8, 4) is 0 Å². The van der Waals surface area contributed by atoms with Gasteiger partial charge in [0.05, 0.1) is 0 Å². The van der Waals surface area contributed by atoms with Crippen LogP contribution < -0.4 is 5.56 Å². The summed E-state index contributed by atoms with van der Waals surface area (Å²) in [5.74, 6) is 0. The number of aromatic nitrogens is 2. The predicted molar refractivity (Wildman–Crippen MR) is 72.5 cm³/mol. The summed E-state index contributed by atoms with van der Waals surface area (Å²) in [6.07, 6.45) is 0. The fourth-order valence-electron chi connectivity index (χ4n) is 1.35. The van der Waals surface area contributed by atoms with E-state index in [9.17, 15) is 4.79 Å². The SMILES string of the molecule is Cc1cccc(SSc2nc(C)cc(=O)[nH]2)c1. The molecule has 5 heteroatoms. The number of aryl methyl sites for hydroxylation is 2. The molecule has 0 atom stereocenters. The van der Waals surface area contributed by atoms with Crippen LogP contribution in [0.3, 0.4) is 0 Å². The highest BCUT2D eigenvalue weighted by molar-refractivity contribution is 8.76. The minimum absolute atomic E-state index is 0.107. The van der Waals surface area contributed by atoms with Gasteiger partial charge in [0.15, 0.2) is 5.16 Å². The van der Waals surface area contributed by atoms with Gasteiger partial charge in [0, 0.05) is 16.7 Å². The maximum absolute atomic E-state index is 11.3. The predicted octanol–water partition coefficient (Wildman–Crippen LogP) is 3.19. The summed E-state index contributed by atoms with van der Waals surface area (Å²) in [4.78, 5) is 19.4. The van der Waals surface area contributed by atoms with Crippen LogP contribution in [0.1, 0.15) is 11.3 Å². The zero-order valence-corrected chi connectivity index (χ0v) is 11.2. The summed E-state index contributed by atoms with van der Waals surface area (Å²) in [6.45, 7) is 3.87. The maximum atomic E-state index is 11.3. The van der Waals surface area contributed by atoms with Gasteiger partial charge in [0.1, 0.15) is 0 Å². The van der Waals surface area contributed by atoms with Crippen LogP contribution in [0.4, 0.5) is 0 Å². The van der Waals surface area contributed by atoms with Crippen molar-refractivity contribution in [3.63, 3.8) is 0 Å². The maximum Gasteiger partial charge on any atom is 0.251 e. The lowest BCUT2D eigenvalue weighted by atomic mass is 10.2. The van der Waals surface area contributed by atoms with E-state index in [0.717, 1.165) is 10.6 Å². The van der Waals surface area contributed by atoms with Crippen LogP contribution in [0.5, 0.6) is 0 Å². The number of aromatic amines is 1. The van der Waals surface area contributed by atoms with E-state index < -0.39 is 0 Å². The van der Waals surface area contributed by atoms with Gasteiger partial charge in [-0.1, -0.05) is 12.1 Å². The van der Waals surface area contributed by atoms with Crippen molar-refractivity contribution >= 4 is 21.6 Å². The van der Waals surface area contributed by atoms with Gasteiger partial charge in [-0.2, -0.15) is 0 Å². The molecule has 0 unspecified atom stereocenters. The number of hydrogen-bond donors (Lipinski definition) is 1. The Hall–Kier alpha value is -1.20. The highest BCUT2D eigenvalue weighted by Gasteiger charge is 2.01. The first kappa shape index (κ1) is 12.3. The van der Waals surface area contributed by atoms with E-state index in [4.69, 9.17) is 0 Å². The number of rotatable bonds is 3. The fraction of sp³-hybridized carbons (Fsp3) is 0.167. The molecule has 0 saturated heterocycles. The van der Waals surface area contributed by atoms with Crippen molar-refractivity contribution in [2.75, 3.05) is 0 Å². The molecule has 0 spiro atoms. The lowest BCUT2D eigenvalue weighted by Gasteiger charge is -2.02. The molecule has 0 fully saturated rings. The molecule has 0 aliphatic rings. The first-order valence-corrected chi connectivity index (χ1v) is 7.27. The Morgan fingerprint density at radius 2 is 2.00 bits per heavy atom. The molecule has 2 rings (SSSR count). The molecule has 17 heavy (non-hydrogen) atoms. The van der Waals surface area contributed by atoms with Gasteiger partial charge in [-0.05, 0) is 53.1 Å². The van der Waals surface area contributed by atoms with Crippen molar-refractivity contribution in [1.82, 2.24) is 9.97 Å². The topological polar surface area (TPSA) is 45.8 Å². The molecule has 1 N–H and O–H groups in total. The average Bonchev–Trinajstić information content (AvgIpc) is 2.25. The van der Waals surface area contributed by atoms with Crippen LogP contribution in [-0.4, -0.2) is 9.97 Å². The first-order valence-electron chi connectivity index (χ1n) is 5.12. The lowest BCUT2D eigenvalue weighted by Crippen LogP contribution is -2.07. The van der Waals surface area contributed by atoms with Crippen molar-refractivity contribution in [2.45, 2.75) is 23.9 Å². The molecule has 1 heterocycles. The number of benzene rings is 1. The Morgan fingerprint density at radius 1 is 1.18 bits per heavy atom. The van der Waals surface area contributed by atoms with Crippen LogP contribution in [0, 0.1) is 13.8 Å². The second kappa shape index (κ2) is 5.42. The third-order valence-electron chi connectivity index (χ3n) is 2.05. The van der Waals surface area contributed by atoms with Crippen molar-refractivity contribution in [2.24, 2.45) is 0 Å². The van der Waals surface area contributed by atoms with Gasteiger partial charge in [0.25, 0.3) is 5.56 Å². The number of hydrogen-bond acceptors (Lipinski definition) is 4. The highest BCUT2D eigenvalue weighted by atomic mass is 33.1. The summed E-state index contributed by atoms with van der Waals surface area (Å²) in [7, 11) is 3.05. The quantitative estimate of drug-likeness (QED) is 0.683. The third-order valence-corrected chi connectivity index (χ3v) is 4.24. The Morgan fingerprint density at radius 3 is 2.71 bits per heavy atom. The summed E-state index contributed by atoms with van der Waals surface area (Å²) >= 11 is 0. The second-order valence-electron chi connectivity index (χ2n) is 3.68. The monoisotopic (exact) mass is 264 g/mol. The van der Waals surface area contributed by atoms with E-state index in [1.165, 1.54) is 22.4 Å². The van der Waals surface area contributed by atoms with Crippen molar-refractivity contribution < 1.29 is 0 Å². The van der Waals surface area contributed by atoms with E-state index in [2.05, 4.69) is 29.0 Å². The molecule has 0 saturated carbocycles. The van der Waals surface area contributed by atoms with Crippen LogP contribution in [0.2, 0.25) is 0 Å². The normalized spacial score (nSPS) is 10.5. The third kappa shape index (κ3) is 3.64. The molecular formula is C12H12N2OS2. The Bertz CT molecular complexity index is 581. The van der Waals surface area contributed by atoms with Crippen LogP contribution in [-0.2, 0) is 0 Å². The fourth-order valence-corrected chi connectivity index (χ4v) is 3.29. The molecular weight excluding hydrogens is 252 g/mol. The standard InChI is InChI=1S/C12H12N2OS2/c1-8-4-3-5-10(6-8)16-17-12-13-9(2)7-11(15)14-12/h3-7H,1-2H3,(H,13,14,15). The van der Waals surface area contributed by atoms with Gasteiger partial charge in [-0.25, -0.2) is 4.98 Å². The van der Waals surface area contributed by atoms with Gasteiger partial charge in [0.2, 0.25) is 0 Å². The molecule has 0 radical (unpaired) electrons. The highest BCUT2D eigenvalue weighted by Crippen LogP contribution is 2.35.